The molecule has 0 fully saturated rings. The van der Waals surface area contributed by atoms with Crippen LogP contribution in [0.1, 0.15) is 23.7 Å². The van der Waals surface area contributed by atoms with Gasteiger partial charge >= 0.3 is 7.60 Å². The lowest BCUT2D eigenvalue weighted by molar-refractivity contribution is -0.403. The number of hydrogen-bond donors (Lipinski definition) is 3. The monoisotopic (exact) mass is 549 g/mol. The van der Waals surface area contributed by atoms with Crippen molar-refractivity contribution >= 4 is 25.5 Å². The third kappa shape index (κ3) is 9.26. The van der Waals surface area contributed by atoms with Crippen LogP contribution in [0.4, 0.5) is 0 Å². The van der Waals surface area contributed by atoms with Crippen LogP contribution in [0.15, 0.2) is 42.9 Å². The molecule has 206 valence electrons. The average molecular weight is 550 g/mol. The number of benzene rings is 2. The topological polar surface area (TPSA) is 158 Å². The first-order chi connectivity index (χ1) is 18.0. The molecule has 2 aromatic carbocycles. The maximum Gasteiger partial charge on any atom is 0.373 e. The molecule has 0 saturated carbocycles. The number of nitrogens with one attached hydrogen (secondary N) is 2. The van der Waals surface area contributed by atoms with Crippen LogP contribution in [-0.2, 0) is 15.8 Å². The highest BCUT2D eigenvalue weighted by Gasteiger charge is 2.17. The summed E-state index contributed by atoms with van der Waals surface area (Å²) in [5.74, 6) is 2.29. The summed E-state index contributed by atoms with van der Waals surface area (Å²) in [7, 11) is 2.40. The zero-order valence-corrected chi connectivity index (χ0v) is 23.3. The molecular weight excluding hydrogens is 513 g/mol. The molecule has 0 radical (unpaired) electrons. The summed E-state index contributed by atoms with van der Waals surface area (Å²) in [6.07, 6.45) is 7.91. The van der Waals surface area contributed by atoms with Gasteiger partial charge in [0, 0.05) is 13.6 Å². The van der Waals surface area contributed by atoms with Crippen molar-refractivity contribution < 1.29 is 48.4 Å². The maximum absolute atomic E-state index is 11.6. The molecule has 12 heteroatoms. The molecule has 0 bridgehead atoms. The van der Waals surface area contributed by atoms with Crippen LogP contribution in [0.25, 0.3) is 12.2 Å². The summed E-state index contributed by atoms with van der Waals surface area (Å²) in [5, 5.41) is 0. The Balaban J connectivity index is 0.000000384. The van der Waals surface area contributed by atoms with Crippen molar-refractivity contribution in [3.8, 4) is 28.7 Å². The fourth-order valence-electron chi connectivity index (χ4n) is 3.29. The van der Waals surface area contributed by atoms with Crippen LogP contribution in [0.2, 0.25) is 0 Å². The van der Waals surface area contributed by atoms with E-state index in [-0.39, 0.29) is 17.6 Å². The van der Waals surface area contributed by atoms with Gasteiger partial charge in [-0.15, -0.1) is 0 Å². The molecular formula is C26H36N3O8P+2. The van der Waals surface area contributed by atoms with Gasteiger partial charge in [0.05, 0.1) is 34.9 Å². The molecule has 0 amide bonds. The van der Waals surface area contributed by atoms with Crippen LogP contribution >= 0.6 is 7.60 Å². The Hall–Kier alpha value is -3.79. The quantitative estimate of drug-likeness (QED) is 0.243. The van der Waals surface area contributed by atoms with Gasteiger partial charge in [0.2, 0.25) is 12.1 Å². The van der Waals surface area contributed by atoms with Crippen molar-refractivity contribution in [3.05, 3.63) is 59.7 Å². The molecule has 0 aliphatic rings. The van der Waals surface area contributed by atoms with Crippen LogP contribution in [0, 0.1) is 0 Å². The number of ketones is 1. The third-order valence-corrected chi connectivity index (χ3v) is 5.79. The van der Waals surface area contributed by atoms with E-state index in [0.717, 1.165) is 23.5 Å². The number of carbonyl (C=O) groups is 1. The van der Waals surface area contributed by atoms with Crippen LogP contribution in [0.3, 0.4) is 0 Å². The molecule has 0 aliphatic carbocycles. The highest BCUT2D eigenvalue weighted by molar-refractivity contribution is 7.52. The van der Waals surface area contributed by atoms with Crippen LogP contribution in [-0.4, -0.2) is 56.8 Å². The number of methoxy groups -OCH3 is 4. The number of quaternary nitrogens is 1. The predicted molar refractivity (Wildman–Crippen MR) is 143 cm³/mol. The van der Waals surface area contributed by atoms with Gasteiger partial charge in [0.1, 0.15) is 11.9 Å². The molecule has 2 unspecified atom stereocenters. The highest BCUT2D eigenvalue weighted by Crippen LogP contribution is 2.43. The first-order valence-electron chi connectivity index (χ1n) is 11.5. The highest BCUT2D eigenvalue weighted by atomic mass is 31.2. The van der Waals surface area contributed by atoms with Gasteiger partial charge in [-0.1, -0.05) is 18.2 Å². The fraction of sp³-hybridized carbons (Fsp3) is 0.308. The molecule has 1 aromatic heterocycles. The Kier molecular flexibility index (Phi) is 11.4. The van der Waals surface area contributed by atoms with E-state index in [1.54, 1.807) is 52.8 Å². The number of aromatic amines is 2. The van der Waals surface area contributed by atoms with Gasteiger partial charge in [0.25, 0.3) is 0 Å². The van der Waals surface area contributed by atoms with Crippen molar-refractivity contribution in [1.82, 2.24) is 4.98 Å². The van der Waals surface area contributed by atoms with E-state index < -0.39 is 7.60 Å². The summed E-state index contributed by atoms with van der Waals surface area (Å²) in [4.78, 5) is 26.1. The molecule has 11 nitrogen and oxygen atoms in total. The van der Waals surface area contributed by atoms with Gasteiger partial charge in [0.15, 0.2) is 34.8 Å². The number of hydrogen-bond acceptors (Lipinski definition) is 7. The fourth-order valence-corrected chi connectivity index (χ4v) is 3.79. The van der Waals surface area contributed by atoms with Gasteiger partial charge in [-0.25, -0.2) is 9.55 Å². The number of H-pyrrole nitrogens is 2. The van der Waals surface area contributed by atoms with Crippen molar-refractivity contribution in [2.24, 2.45) is 0 Å². The van der Waals surface area contributed by atoms with Crippen molar-refractivity contribution in [3.63, 3.8) is 0 Å². The first-order valence-corrected chi connectivity index (χ1v) is 13.6. The molecule has 0 saturated heterocycles. The van der Waals surface area contributed by atoms with E-state index in [2.05, 4.69) is 15.7 Å². The average Bonchev–Trinajstić information content (AvgIpc) is 3.39. The van der Waals surface area contributed by atoms with E-state index in [1.165, 1.54) is 7.11 Å². The molecule has 6 N–H and O–H groups in total. The second-order valence-corrected chi connectivity index (χ2v) is 10.0. The van der Waals surface area contributed by atoms with Gasteiger partial charge in [-0.3, -0.25) is 9.78 Å². The zero-order valence-electron chi connectivity index (χ0n) is 22.4. The Morgan fingerprint density at radius 3 is 2.05 bits per heavy atom. The lowest BCUT2D eigenvalue weighted by Gasteiger charge is -2.13. The van der Waals surface area contributed by atoms with Crippen molar-refractivity contribution in [1.29, 1.82) is 0 Å². The largest absolute Gasteiger partial charge is 0.493 e. The molecule has 2 atom stereocenters. The third-order valence-electron chi connectivity index (χ3n) is 5.25. The van der Waals surface area contributed by atoms with Gasteiger partial charge in [-0.2, -0.15) is 0 Å². The van der Waals surface area contributed by atoms with Gasteiger partial charge < -0.3 is 34.1 Å². The molecule has 3 aromatic rings. The van der Waals surface area contributed by atoms with Crippen LogP contribution in [0.5, 0.6) is 28.7 Å². The zero-order chi connectivity index (χ0) is 28.3. The minimum atomic E-state index is -3.71. The Bertz CT molecular complexity index is 1250. The van der Waals surface area contributed by atoms with E-state index in [9.17, 15) is 14.3 Å². The number of ether oxygens (including phenoxy) is 4. The van der Waals surface area contributed by atoms with E-state index in [4.69, 9.17) is 23.5 Å². The standard InChI is InChI=1S/C19H23O7P.C7H11N3O/c1-22-15-9-8-13(10-16(15)26-27(5,20)21)6-7-14-11-17(23-2)19(25-4)18(12-14)24-3;1-5(11)7(8)2-6-3-9-4-10-6/h6-12H,1-5H3,(H,20,21);3-4,7H,2,8H2,1H3,(H,9,10)/p+2/b7-6-;. The van der Waals surface area contributed by atoms with Crippen molar-refractivity contribution in [2.45, 2.75) is 19.4 Å². The summed E-state index contributed by atoms with van der Waals surface area (Å²) in [6, 6.07) is 8.58. The molecule has 0 spiro atoms. The number of carbonyl (C=O) groups excluding carboxylic acids is 1. The minimum absolute atomic E-state index is 0.125. The lowest BCUT2D eigenvalue weighted by atomic mass is 10.1. The Labute approximate surface area is 222 Å². The smallest absolute Gasteiger partial charge is 0.373 e. The van der Waals surface area contributed by atoms with Gasteiger partial charge in [-0.05, 0) is 35.4 Å². The number of Topliss-reactive ketones (excluding diaryl/α,β-unsaturated/α-hetero) is 1. The summed E-state index contributed by atoms with van der Waals surface area (Å²) in [6.45, 7) is 2.68. The van der Waals surface area contributed by atoms with Crippen molar-refractivity contribution in [2.75, 3.05) is 35.1 Å². The number of rotatable bonds is 11. The number of aromatic nitrogens is 2. The first kappa shape index (κ1) is 30.4. The Morgan fingerprint density at radius 2 is 1.58 bits per heavy atom. The number of imidazole rings is 1. The summed E-state index contributed by atoms with van der Waals surface area (Å²) < 4.78 is 37.8. The van der Waals surface area contributed by atoms with E-state index in [1.807, 2.05) is 30.5 Å². The van der Waals surface area contributed by atoms with E-state index in [0.29, 0.717) is 29.4 Å². The summed E-state index contributed by atoms with van der Waals surface area (Å²) in [5.41, 5.74) is 6.33. The lowest BCUT2D eigenvalue weighted by Crippen LogP contribution is -2.65. The summed E-state index contributed by atoms with van der Waals surface area (Å²) >= 11 is 0. The minimum Gasteiger partial charge on any atom is -0.493 e. The Morgan fingerprint density at radius 1 is 1.00 bits per heavy atom. The van der Waals surface area contributed by atoms with E-state index >= 15 is 0 Å². The molecule has 1 heterocycles. The molecule has 38 heavy (non-hydrogen) atoms. The molecule has 0 aliphatic heterocycles. The maximum atomic E-state index is 11.6. The normalized spacial score (nSPS) is 13.1. The van der Waals surface area contributed by atoms with Crippen LogP contribution < -0.4 is 34.2 Å². The SMILES string of the molecule is CC(=O)C([NH3+])Cc1c[nH+]c[nH]1.COc1ccc(/C=C\c2cc(OC)c(OC)c(OC)c2)cc1OP(C)(=O)O. The molecule has 3 rings (SSSR count). The predicted octanol–water partition coefficient (Wildman–Crippen LogP) is 2.66. The second-order valence-electron chi connectivity index (χ2n) is 8.23. The second kappa shape index (κ2) is 14.2.